The second-order valence-corrected chi connectivity index (χ2v) is 6.42. The Labute approximate surface area is 168 Å². The molecule has 5 nitrogen and oxygen atoms in total. The maximum Gasteiger partial charge on any atom is 0.193 e. The van der Waals surface area contributed by atoms with Crippen LogP contribution in [0.3, 0.4) is 0 Å². The summed E-state index contributed by atoms with van der Waals surface area (Å²) in [6, 6.07) is 15.8. The van der Waals surface area contributed by atoms with Crippen LogP contribution in [0.1, 0.15) is 11.4 Å². The number of aryl methyl sites for hydroxylation is 1. The van der Waals surface area contributed by atoms with E-state index in [1.54, 1.807) is 18.4 Å². The number of methoxy groups -OCH3 is 1. The van der Waals surface area contributed by atoms with Gasteiger partial charge in [0.25, 0.3) is 0 Å². The van der Waals surface area contributed by atoms with Crippen LogP contribution in [0.25, 0.3) is 10.2 Å². The average molecular weight is 468 g/mol. The first-order valence-corrected chi connectivity index (χ1v) is 8.62. The molecular weight excluding hydrogens is 447 g/mol. The van der Waals surface area contributed by atoms with Crippen molar-refractivity contribution < 1.29 is 4.74 Å². The minimum Gasteiger partial charge on any atom is -0.497 e. The van der Waals surface area contributed by atoms with Crippen molar-refractivity contribution in [2.75, 3.05) is 19.0 Å². The molecule has 0 saturated heterocycles. The Kier molecular flexibility index (Phi) is 7.45. The first kappa shape index (κ1) is 19.5. The van der Waals surface area contributed by atoms with Crippen molar-refractivity contribution in [3.63, 3.8) is 0 Å². The molecular formula is C18H21IN4OS. The molecule has 25 heavy (non-hydrogen) atoms. The topological polar surface area (TPSA) is 72.5 Å². The van der Waals surface area contributed by atoms with Crippen molar-refractivity contribution >= 4 is 57.2 Å². The summed E-state index contributed by atoms with van der Waals surface area (Å²) in [6.07, 6.45) is 1.83. The Morgan fingerprint density at radius 2 is 2.08 bits per heavy atom. The number of para-hydroxylation sites is 1. The zero-order valence-corrected chi connectivity index (χ0v) is 17.1. The number of nitrogens with one attached hydrogen (secondary N) is 1. The fourth-order valence-corrected chi connectivity index (χ4v) is 3.35. The van der Waals surface area contributed by atoms with Gasteiger partial charge in [0.2, 0.25) is 0 Å². The molecule has 0 saturated carbocycles. The predicted molar refractivity (Wildman–Crippen MR) is 116 cm³/mol. The number of hydrogen-bond donors (Lipinski definition) is 2. The van der Waals surface area contributed by atoms with Crippen LogP contribution in [0.2, 0.25) is 0 Å². The summed E-state index contributed by atoms with van der Waals surface area (Å²) in [6.45, 7) is 0.665. The van der Waals surface area contributed by atoms with E-state index in [0.717, 1.165) is 34.8 Å². The summed E-state index contributed by atoms with van der Waals surface area (Å²) in [5.41, 5.74) is 7.86. The molecule has 0 spiro atoms. The number of ether oxygens (including phenoxy) is 1. The molecule has 1 aromatic heterocycles. The Morgan fingerprint density at radius 3 is 2.88 bits per heavy atom. The summed E-state index contributed by atoms with van der Waals surface area (Å²) in [5.74, 6) is 1.19. The molecule has 0 amide bonds. The summed E-state index contributed by atoms with van der Waals surface area (Å²) < 4.78 is 6.41. The monoisotopic (exact) mass is 468 g/mol. The number of halogens is 1. The van der Waals surface area contributed by atoms with E-state index in [2.05, 4.69) is 21.4 Å². The van der Waals surface area contributed by atoms with Crippen molar-refractivity contribution in [3.8, 4) is 5.75 Å². The quantitative estimate of drug-likeness (QED) is 0.245. The molecule has 0 unspecified atom stereocenters. The number of nitrogens with two attached hydrogens (primary N) is 1. The third-order valence-electron chi connectivity index (χ3n) is 3.51. The van der Waals surface area contributed by atoms with Crippen molar-refractivity contribution in [2.45, 2.75) is 12.8 Å². The van der Waals surface area contributed by atoms with Gasteiger partial charge in [0.05, 0.1) is 22.3 Å². The molecule has 3 N–H and O–H groups in total. The van der Waals surface area contributed by atoms with Gasteiger partial charge < -0.3 is 15.8 Å². The molecule has 0 aliphatic carbocycles. The second kappa shape index (κ2) is 9.57. The number of guanidine groups is 1. The Hall–Kier alpha value is -1.87. The number of benzene rings is 2. The van der Waals surface area contributed by atoms with Gasteiger partial charge in [-0.1, -0.05) is 18.2 Å². The standard InChI is InChI=1S/C18H20N4OS.HI/c1-23-14-7-4-6-13(12-14)21-18(19)20-11-5-10-17-22-15-8-2-3-9-16(15)24-17;/h2-4,6-9,12H,5,10-11H2,1H3,(H3,19,20,21);1H. The fourth-order valence-electron chi connectivity index (χ4n) is 2.34. The van der Waals surface area contributed by atoms with Gasteiger partial charge in [-0.3, -0.25) is 4.99 Å². The number of nitrogens with zero attached hydrogens (tertiary/aromatic N) is 2. The highest BCUT2D eigenvalue weighted by atomic mass is 127. The lowest BCUT2D eigenvalue weighted by atomic mass is 10.3. The van der Waals surface area contributed by atoms with Crippen molar-refractivity contribution in [1.29, 1.82) is 0 Å². The van der Waals surface area contributed by atoms with E-state index in [4.69, 9.17) is 10.5 Å². The van der Waals surface area contributed by atoms with Gasteiger partial charge in [-0.2, -0.15) is 0 Å². The number of aliphatic imine (C=N–C) groups is 1. The number of hydrogen-bond acceptors (Lipinski definition) is 4. The fraction of sp³-hybridized carbons (Fsp3) is 0.222. The summed E-state index contributed by atoms with van der Waals surface area (Å²) in [7, 11) is 1.64. The van der Waals surface area contributed by atoms with Crippen molar-refractivity contribution in [3.05, 3.63) is 53.5 Å². The van der Waals surface area contributed by atoms with Gasteiger partial charge in [0.1, 0.15) is 5.75 Å². The molecule has 0 radical (unpaired) electrons. The lowest BCUT2D eigenvalue weighted by Crippen LogP contribution is -2.22. The van der Waals surface area contributed by atoms with Crippen LogP contribution in [0.4, 0.5) is 5.69 Å². The smallest absolute Gasteiger partial charge is 0.193 e. The van der Waals surface area contributed by atoms with Crippen LogP contribution in [-0.2, 0) is 6.42 Å². The number of fused-ring (bicyclic) bond motifs is 1. The molecule has 0 aliphatic rings. The highest BCUT2D eigenvalue weighted by Gasteiger charge is 2.02. The first-order valence-electron chi connectivity index (χ1n) is 7.80. The molecule has 1 heterocycles. The Morgan fingerprint density at radius 1 is 1.24 bits per heavy atom. The van der Waals surface area contributed by atoms with Crippen LogP contribution in [0.15, 0.2) is 53.5 Å². The van der Waals surface area contributed by atoms with E-state index in [1.807, 2.05) is 42.5 Å². The number of anilines is 1. The van der Waals surface area contributed by atoms with Crippen LogP contribution >= 0.6 is 35.3 Å². The van der Waals surface area contributed by atoms with E-state index in [9.17, 15) is 0 Å². The van der Waals surface area contributed by atoms with Crippen LogP contribution in [-0.4, -0.2) is 24.6 Å². The lowest BCUT2D eigenvalue weighted by Gasteiger charge is -2.07. The molecule has 3 aromatic rings. The summed E-state index contributed by atoms with van der Waals surface area (Å²) >= 11 is 1.74. The maximum absolute atomic E-state index is 5.92. The molecule has 0 atom stereocenters. The largest absolute Gasteiger partial charge is 0.497 e. The van der Waals surface area contributed by atoms with Gasteiger partial charge in [-0.25, -0.2) is 4.98 Å². The molecule has 132 valence electrons. The molecule has 0 bridgehead atoms. The molecule has 3 rings (SSSR count). The normalized spacial score (nSPS) is 11.2. The zero-order chi connectivity index (χ0) is 16.8. The highest BCUT2D eigenvalue weighted by Crippen LogP contribution is 2.22. The summed E-state index contributed by atoms with van der Waals surface area (Å²) in [4.78, 5) is 8.99. The van der Waals surface area contributed by atoms with Gasteiger partial charge in [0.15, 0.2) is 5.96 Å². The molecule has 0 fully saturated rings. The highest BCUT2D eigenvalue weighted by molar-refractivity contribution is 14.0. The predicted octanol–water partition coefficient (Wildman–Crippen LogP) is 4.28. The lowest BCUT2D eigenvalue weighted by molar-refractivity contribution is 0.415. The average Bonchev–Trinajstić information content (AvgIpc) is 3.01. The number of rotatable bonds is 6. The number of thiazole rings is 1. The second-order valence-electron chi connectivity index (χ2n) is 5.30. The van der Waals surface area contributed by atoms with E-state index in [0.29, 0.717) is 12.5 Å². The van der Waals surface area contributed by atoms with Crippen LogP contribution in [0, 0.1) is 0 Å². The van der Waals surface area contributed by atoms with Gasteiger partial charge >= 0.3 is 0 Å². The maximum atomic E-state index is 5.92. The van der Waals surface area contributed by atoms with Gasteiger partial charge in [-0.15, -0.1) is 35.3 Å². The third-order valence-corrected chi connectivity index (χ3v) is 4.61. The zero-order valence-electron chi connectivity index (χ0n) is 13.9. The van der Waals surface area contributed by atoms with Crippen LogP contribution in [0.5, 0.6) is 5.75 Å². The molecule has 7 heteroatoms. The van der Waals surface area contributed by atoms with Crippen LogP contribution < -0.4 is 15.8 Å². The Bertz CT molecular complexity index is 817. The third kappa shape index (κ3) is 5.57. The minimum atomic E-state index is 0. The Balaban J connectivity index is 0.00000225. The molecule has 0 aliphatic heterocycles. The number of aromatic nitrogens is 1. The van der Waals surface area contributed by atoms with Crippen molar-refractivity contribution in [1.82, 2.24) is 4.98 Å². The van der Waals surface area contributed by atoms with E-state index in [-0.39, 0.29) is 24.0 Å². The molecule has 2 aromatic carbocycles. The summed E-state index contributed by atoms with van der Waals surface area (Å²) in [5, 5.41) is 4.22. The van der Waals surface area contributed by atoms with E-state index >= 15 is 0 Å². The minimum absolute atomic E-state index is 0. The SMILES string of the molecule is COc1cccc(NC(N)=NCCCc2nc3ccccc3s2)c1.I. The van der Waals surface area contributed by atoms with E-state index < -0.39 is 0 Å². The van der Waals surface area contributed by atoms with E-state index in [1.165, 1.54) is 4.70 Å². The van der Waals surface area contributed by atoms with Crippen molar-refractivity contribution in [2.24, 2.45) is 10.7 Å². The van der Waals surface area contributed by atoms with Gasteiger partial charge in [-0.05, 0) is 30.7 Å². The first-order chi connectivity index (χ1) is 11.7. The van der Waals surface area contributed by atoms with Gasteiger partial charge in [0, 0.05) is 24.7 Å².